The molecule has 0 radical (unpaired) electrons. The summed E-state index contributed by atoms with van der Waals surface area (Å²) in [5.74, 6) is -0.220. The summed E-state index contributed by atoms with van der Waals surface area (Å²) in [4.78, 5) is 5.95. The van der Waals surface area contributed by atoms with Crippen LogP contribution >= 0.6 is 11.3 Å². The fourth-order valence-electron chi connectivity index (χ4n) is 3.60. The first-order chi connectivity index (χ1) is 14.6. The second-order valence-electron chi connectivity index (χ2n) is 7.55. The molecule has 4 aromatic rings. The number of benzene rings is 3. The highest BCUT2D eigenvalue weighted by Crippen LogP contribution is 2.27. The predicted molar refractivity (Wildman–Crippen MR) is 124 cm³/mol. The van der Waals surface area contributed by atoms with Crippen LogP contribution in [0.25, 0.3) is 11.3 Å². The minimum Gasteiger partial charge on any atom is -0.314 e. The van der Waals surface area contributed by atoms with Crippen LogP contribution in [-0.4, -0.2) is 4.57 Å². The molecule has 0 aliphatic rings. The number of halogens is 1. The second-order valence-corrected chi connectivity index (χ2v) is 8.39. The number of aromatic nitrogens is 1. The normalized spacial score (nSPS) is 12.8. The van der Waals surface area contributed by atoms with E-state index in [2.05, 4.69) is 54.1 Å². The summed E-state index contributed by atoms with van der Waals surface area (Å²) < 4.78 is 15.8. The maximum atomic E-state index is 13.5. The molecule has 1 atom stereocenters. The molecule has 4 rings (SSSR count). The molecule has 1 unspecified atom stereocenters. The van der Waals surface area contributed by atoms with Gasteiger partial charge in [-0.15, -0.1) is 11.3 Å². The molecule has 0 saturated heterocycles. The predicted octanol–water partition coefficient (Wildman–Crippen LogP) is 7.09. The van der Waals surface area contributed by atoms with E-state index in [1.165, 1.54) is 17.7 Å². The summed E-state index contributed by atoms with van der Waals surface area (Å²) in [6.07, 6.45) is 1.99. The van der Waals surface area contributed by atoms with E-state index in [1.54, 1.807) is 11.3 Å². The molecule has 152 valence electrons. The second kappa shape index (κ2) is 9.23. The number of para-hydroxylation sites is 1. The van der Waals surface area contributed by atoms with Crippen molar-refractivity contribution in [1.29, 1.82) is 0 Å². The standard InChI is InChI=1S/C26H25FN2S/c1-19-8-6-7-11-24(19)28-26-29(20(2)12-13-21-9-4-3-5-10-21)25(18-30-26)22-14-16-23(27)17-15-22/h3-11,14-18,20H,12-13H2,1-2H3. The Bertz CT molecular complexity index is 1170. The van der Waals surface area contributed by atoms with Gasteiger partial charge in [0.2, 0.25) is 0 Å². The quantitative estimate of drug-likeness (QED) is 0.319. The van der Waals surface area contributed by atoms with Gasteiger partial charge in [-0.1, -0.05) is 48.5 Å². The zero-order valence-corrected chi connectivity index (χ0v) is 18.1. The minimum absolute atomic E-state index is 0.220. The number of hydrogen-bond acceptors (Lipinski definition) is 2. The molecule has 30 heavy (non-hydrogen) atoms. The number of rotatable bonds is 6. The van der Waals surface area contributed by atoms with Gasteiger partial charge in [0, 0.05) is 11.4 Å². The first-order valence-electron chi connectivity index (χ1n) is 10.2. The Balaban J connectivity index is 1.75. The Hall–Kier alpha value is -2.98. The van der Waals surface area contributed by atoms with Crippen LogP contribution in [0.5, 0.6) is 0 Å². The van der Waals surface area contributed by atoms with E-state index in [0.29, 0.717) is 0 Å². The molecule has 1 heterocycles. The summed E-state index contributed by atoms with van der Waals surface area (Å²) in [6, 6.07) is 25.7. The largest absolute Gasteiger partial charge is 0.314 e. The number of hydrogen-bond donors (Lipinski definition) is 0. The third-order valence-corrected chi connectivity index (χ3v) is 6.19. The van der Waals surface area contributed by atoms with Crippen LogP contribution in [-0.2, 0) is 6.42 Å². The molecule has 0 saturated carbocycles. The highest BCUT2D eigenvalue weighted by atomic mass is 32.1. The molecule has 0 aliphatic heterocycles. The van der Waals surface area contributed by atoms with Gasteiger partial charge >= 0.3 is 0 Å². The summed E-state index contributed by atoms with van der Waals surface area (Å²) in [5.41, 5.74) is 5.55. The first kappa shape index (κ1) is 20.3. The van der Waals surface area contributed by atoms with Gasteiger partial charge in [-0.25, -0.2) is 9.38 Å². The van der Waals surface area contributed by atoms with Crippen LogP contribution < -0.4 is 4.80 Å². The van der Waals surface area contributed by atoms with E-state index in [0.717, 1.165) is 40.2 Å². The van der Waals surface area contributed by atoms with Gasteiger partial charge in [-0.2, -0.15) is 0 Å². The van der Waals surface area contributed by atoms with E-state index in [-0.39, 0.29) is 11.9 Å². The molecule has 0 fully saturated rings. The van der Waals surface area contributed by atoms with Gasteiger partial charge in [-0.3, -0.25) is 0 Å². The monoisotopic (exact) mass is 416 g/mol. The summed E-state index contributed by atoms with van der Waals surface area (Å²) in [6.45, 7) is 4.32. The smallest absolute Gasteiger partial charge is 0.190 e. The molecule has 2 nitrogen and oxygen atoms in total. The molecule has 0 amide bonds. The van der Waals surface area contributed by atoms with E-state index in [4.69, 9.17) is 4.99 Å². The maximum absolute atomic E-state index is 13.5. The molecule has 0 spiro atoms. The lowest BCUT2D eigenvalue weighted by molar-refractivity contribution is 0.501. The lowest BCUT2D eigenvalue weighted by atomic mass is 10.1. The van der Waals surface area contributed by atoms with Crippen LogP contribution in [0.4, 0.5) is 10.1 Å². The van der Waals surface area contributed by atoms with Crippen LogP contribution in [0.2, 0.25) is 0 Å². The maximum Gasteiger partial charge on any atom is 0.190 e. The van der Waals surface area contributed by atoms with Crippen molar-refractivity contribution < 1.29 is 4.39 Å². The van der Waals surface area contributed by atoms with Gasteiger partial charge < -0.3 is 4.57 Å². The van der Waals surface area contributed by atoms with Crippen molar-refractivity contribution in [1.82, 2.24) is 4.57 Å². The van der Waals surface area contributed by atoms with Crippen LogP contribution in [0.3, 0.4) is 0 Å². The van der Waals surface area contributed by atoms with Crippen molar-refractivity contribution in [3.8, 4) is 11.3 Å². The van der Waals surface area contributed by atoms with Gasteiger partial charge in [0.25, 0.3) is 0 Å². The average Bonchev–Trinajstić information content (AvgIpc) is 3.18. The molecular weight excluding hydrogens is 391 g/mol. The van der Waals surface area contributed by atoms with Crippen molar-refractivity contribution in [3.05, 3.63) is 106 Å². The van der Waals surface area contributed by atoms with Crippen LogP contribution in [0.1, 0.15) is 30.5 Å². The van der Waals surface area contributed by atoms with E-state index >= 15 is 0 Å². The molecule has 0 bridgehead atoms. The summed E-state index contributed by atoms with van der Waals surface area (Å²) in [5, 5.41) is 2.13. The van der Waals surface area contributed by atoms with Crippen molar-refractivity contribution in [3.63, 3.8) is 0 Å². The van der Waals surface area contributed by atoms with E-state index in [1.807, 2.05) is 36.4 Å². The number of aryl methyl sites for hydroxylation is 2. The Kier molecular flexibility index (Phi) is 6.24. The average molecular weight is 417 g/mol. The van der Waals surface area contributed by atoms with Gasteiger partial charge in [0.15, 0.2) is 4.80 Å². The fourth-order valence-corrected chi connectivity index (χ4v) is 4.61. The highest BCUT2D eigenvalue weighted by molar-refractivity contribution is 7.07. The summed E-state index contributed by atoms with van der Waals surface area (Å²) in [7, 11) is 0. The lowest BCUT2D eigenvalue weighted by Crippen LogP contribution is -2.20. The zero-order chi connectivity index (χ0) is 20.9. The van der Waals surface area contributed by atoms with Crippen molar-refractivity contribution in [2.45, 2.75) is 32.7 Å². The number of thiazole rings is 1. The molecule has 1 aromatic heterocycles. The van der Waals surface area contributed by atoms with E-state index in [9.17, 15) is 4.39 Å². The highest BCUT2D eigenvalue weighted by Gasteiger charge is 2.15. The molecule has 3 aromatic carbocycles. The SMILES string of the molecule is Cc1ccccc1N=c1scc(-c2ccc(F)cc2)n1C(C)CCc1ccccc1. The van der Waals surface area contributed by atoms with Gasteiger partial charge in [0.05, 0.1) is 11.4 Å². The number of nitrogens with zero attached hydrogens (tertiary/aromatic N) is 2. The van der Waals surface area contributed by atoms with Gasteiger partial charge in [-0.05, 0) is 73.7 Å². The van der Waals surface area contributed by atoms with Crippen molar-refractivity contribution in [2.75, 3.05) is 0 Å². The Morgan fingerprint density at radius 1 is 0.933 bits per heavy atom. The van der Waals surface area contributed by atoms with Gasteiger partial charge in [0.1, 0.15) is 5.82 Å². The van der Waals surface area contributed by atoms with Crippen LogP contribution in [0.15, 0.2) is 89.2 Å². The molecule has 0 N–H and O–H groups in total. The third-order valence-electron chi connectivity index (χ3n) is 5.35. The molecule has 4 heteroatoms. The molecular formula is C26H25FN2S. The van der Waals surface area contributed by atoms with Crippen molar-refractivity contribution >= 4 is 17.0 Å². The Morgan fingerprint density at radius 3 is 2.37 bits per heavy atom. The zero-order valence-electron chi connectivity index (χ0n) is 17.3. The lowest BCUT2D eigenvalue weighted by Gasteiger charge is -2.18. The minimum atomic E-state index is -0.220. The van der Waals surface area contributed by atoms with E-state index < -0.39 is 0 Å². The summed E-state index contributed by atoms with van der Waals surface area (Å²) >= 11 is 1.63. The van der Waals surface area contributed by atoms with Crippen LogP contribution in [0, 0.1) is 12.7 Å². The Morgan fingerprint density at radius 2 is 1.63 bits per heavy atom. The topological polar surface area (TPSA) is 17.3 Å². The molecule has 0 aliphatic carbocycles. The first-order valence-corrected chi connectivity index (χ1v) is 11.1. The Labute approximate surface area is 181 Å². The third kappa shape index (κ3) is 4.60. The fraction of sp³-hybridized carbons (Fsp3) is 0.192. The van der Waals surface area contributed by atoms with Crippen molar-refractivity contribution in [2.24, 2.45) is 4.99 Å².